The second-order valence-electron chi connectivity index (χ2n) is 7.37. The van der Waals surface area contributed by atoms with E-state index >= 15 is 0 Å². The summed E-state index contributed by atoms with van der Waals surface area (Å²) in [6.45, 7) is 8.60. The van der Waals surface area contributed by atoms with Gasteiger partial charge in [-0.2, -0.15) is 0 Å². The van der Waals surface area contributed by atoms with Crippen LogP contribution < -0.4 is 9.64 Å². The molecule has 1 heterocycles. The zero-order valence-corrected chi connectivity index (χ0v) is 16.7. The number of rotatable bonds is 7. The smallest absolute Gasteiger partial charge is 0.147 e. The van der Waals surface area contributed by atoms with Gasteiger partial charge in [-0.25, -0.2) is 0 Å². The van der Waals surface area contributed by atoms with E-state index in [9.17, 15) is 4.79 Å². The monoisotopic (exact) mass is 366 g/mol. The molecule has 3 rings (SSSR count). The molecule has 4 nitrogen and oxygen atoms in total. The van der Waals surface area contributed by atoms with Gasteiger partial charge in [-0.1, -0.05) is 18.2 Å². The fourth-order valence-electron chi connectivity index (χ4n) is 3.79. The first-order chi connectivity index (χ1) is 13.1. The summed E-state index contributed by atoms with van der Waals surface area (Å²) in [6.07, 6.45) is 1.48. The first kappa shape index (κ1) is 19.4. The Kier molecular flexibility index (Phi) is 6.51. The maximum Gasteiger partial charge on any atom is 0.147 e. The van der Waals surface area contributed by atoms with E-state index in [0.717, 1.165) is 38.3 Å². The number of aryl methyl sites for hydroxylation is 2. The van der Waals surface area contributed by atoms with Gasteiger partial charge in [0.2, 0.25) is 0 Å². The normalized spacial score (nSPS) is 15.0. The zero-order valence-electron chi connectivity index (χ0n) is 16.7. The van der Waals surface area contributed by atoms with Gasteiger partial charge in [0.1, 0.15) is 11.5 Å². The second-order valence-corrected chi connectivity index (χ2v) is 7.37. The van der Waals surface area contributed by atoms with Crippen LogP contribution in [0.2, 0.25) is 0 Å². The van der Waals surface area contributed by atoms with Crippen molar-refractivity contribution < 1.29 is 9.53 Å². The van der Waals surface area contributed by atoms with Crippen molar-refractivity contribution in [2.24, 2.45) is 0 Å². The summed E-state index contributed by atoms with van der Waals surface area (Å²) >= 11 is 0. The van der Waals surface area contributed by atoms with Crippen molar-refractivity contribution in [1.82, 2.24) is 4.90 Å². The van der Waals surface area contributed by atoms with Crippen molar-refractivity contribution in [3.63, 3.8) is 0 Å². The summed E-state index contributed by atoms with van der Waals surface area (Å²) in [5.41, 5.74) is 5.12. The van der Waals surface area contributed by atoms with E-state index in [1.54, 1.807) is 7.11 Å². The maximum absolute atomic E-state index is 12.5. The molecule has 0 saturated carbocycles. The molecule has 0 atom stereocenters. The molecule has 0 bridgehead atoms. The summed E-state index contributed by atoms with van der Waals surface area (Å²) < 4.78 is 5.22. The van der Waals surface area contributed by atoms with Crippen molar-refractivity contribution in [3.05, 3.63) is 59.2 Å². The molecular weight excluding hydrogens is 336 g/mol. The minimum absolute atomic E-state index is 0.343. The molecule has 1 aliphatic heterocycles. The summed E-state index contributed by atoms with van der Waals surface area (Å²) in [4.78, 5) is 17.1. The number of methoxy groups -OCH3 is 1. The lowest BCUT2D eigenvalue weighted by atomic mass is 9.97. The molecule has 0 amide bonds. The Morgan fingerprint density at radius 3 is 2.19 bits per heavy atom. The molecule has 2 aromatic carbocycles. The van der Waals surface area contributed by atoms with Gasteiger partial charge in [-0.05, 0) is 61.2 Å². The molecule has 1 aliphatic rings. The number of Topliss-reactive ketones (excluding diaryl/α,β-unsaturated/α-hetero) is 1. The molecule has 0 aliphatic carbocycles. The lowest BCUT2D eigenvalue weighted by molar-refractivity contribution is -0.120. The van der Waals surface area contributed by atoms with E-state index in [1.807, 2.05) is 12.1 Å². The first-order valence-electron chi connectivity index (χ1n) is 9.75. The molecule has 0 aromatic heterocycles. The van der Waals surface area contributed by atoms with Crippen LogP contribution >= 0.6 is 0 Å². The molecule has 0 unspecified atom stereocenters. The Labute approximate surface area is 162 Å². The first-order valence-corrected chi connectivity index (χ1v) is 9.75. The fourth-order valence-corrected chi connectivity index (χ4v) is 3.79. The van der Waals surface area contributed by atoms with Gasteiger partial charge in [0.05, 0.1) is 13.7 Å². The third-order valence-electron chi connectivity index (χ3n) is 5.51. The highest BCUT2D eigenvalue weighted by molar-refractivity contribution is 5.80. The van der Waals surface area contributed by atoms with Gasteiger partial charge >= 0.3 is 0 Å². The number of benzene rings is 2. The van der Waals surface area contributed by atoms with E-state index in [4.69, 9.17) is 4.74 Å². The number of anilines is 1. The maximum atomic E-state index is 12.5. The molecule has 0 radical (unpaired) electrons. The Hall–Kier alpha value is -2.33. The molecular formula is C23H30N2O2. The van der Waals surface area contributed by atoms with Gasteiger partial charge in [-0.3, -0.25) is 9.69 Å². The molecule has 27 heavy (non-hydrogen) atoms. The summed E-state index contributed by atoms with van der Waals surface area (Å²) in [6, 6.07) is 14.5. The average molecular weight is 367 g/mol. The van der Waals surface area contributed by atoms with Crippen LogP contribution in [0.5, 0.6) is 5.75 Å². The van der Waals surface area contributed by atoms with Crippen LogP contribution in [0.15, 0.2) is 42.5 Å². The number of hydrogen-bond donors (Lipinski definition) is 0. The molecule has 144 valence electrons. The summed E-state index contributed by atoms with van der Waals surface area (Å²) in [5.74, 6) is 1.22. The number of ether oxygens (including phenoxy) is 1. The lowest BCUT2D eigenvalue weighted by Crippen LogP contribution is -2.48. The minimum Gasteiger partial charge on any atom is -0.497 e. The van der Waals surface area contributed by atoms with Crippen LogP contribution in [0.25, 0.3) is 0 Å². The SMILES string of the molecule is COc1ccc(N2CCN(CC(=O)CCc3c(C)cccc3C)CC2)cc1. The third-order valence-corrected chi connectivity index (χ3v) is 5.51. The van der Waals surface area contributed by atoms with E-state index in [-0.39, 0.29) is 0 Å². The van der Waals surface area contributed by atoms with Gasteiger partial charge in [0, 0.05) is 38.3 Å². The van der Waals surface area contributed by atoms with E-state index in [1.165, 1.54) is 22.4 Å². The van der Waals surface area contributed by atoms with Crippen molar-refractivity contribution in [2.75, 3.05) is 44.7 Å². The quantitative estimate of drug-likeness (QED) is 0.749. The summed E-state index contributed by atoms with van der Waals surface area (Å²) in [7, 11) is 1.69. The number of hydrogen-bond acceptors (Lipinski definition) is 4. The molecule has 1 saturated heterocycles. The van der Waals surface area contributed by atoms with Gasteiger partial charge < -0.3 is 9.64 Å². The van der Waals surface area contributed by atoms with Crippen LogP contribution in [-0.2, 0) is 11.2 Å². The van der Waals surface area contributed by atoms with Crippen LogP contribution in [0.3, 0.4) is 0 Å². The third kappa shape index (κ3) is 5.10. The number of carbonyl (C=O) groups excluding carboxylic acids is 1. The van der Waals surface area contributed by atoms with Crippen molar-refractivity contribution in [2.45, 2.75) is 26.7 Å². The Balaban J connectivity index is 1.45. The second kappa shape index (κ2) is 9.05. The van der Waals surface area contributed by atoms with Crippen LogP contribution in [0.1, 0.15) is 23.1 Å². The molecule has 1 fully saturated rings. The lowest BCUT2D eigenvalue weighted by Gasteiger charge is -2.35. The fraction of sp³-hybridized carbons (Fsp3) is 0.435. The largest absolute Gasteiger partial charge is 0.497 e. The van der Waals surface area contributed by atoms with Crippen molar-refractivity contribution >= 4 is 11.5 Å². The number of carbonyl (C=O) groups is 1. The van der Waals surface area contributed by atoms with Crippen molar-refractivity contribution in [3.8, 4) is 5.75 Å². The number of piperazine rings is 1. The van der Waals surface area contributed by atoms with Crippen molar-refractivity contribution in [1.29, 1.82) is 0 Å². The zero-order chi connectivity index (χ0) is 19.2. The van der Waals surface area contributed by atoms with E-state index in [0.29, 0.717) is 18.7 Å². The van der Waals surface area contributed by atoms with Crippen LogP contribution in [0, 0.1) is 13.8 Å². The Morgan fingerprint density at radius 2 is 1.59 bits per heavy atom. The predicted octanol–water partition coefficient (Wildman–Crippen LogP) is 3.64. The molecule has 0 N–H and O–H groups in total. The number of ketones is 1. The standard InChI is InChI=1S/C23H30N2O2/c1-18-5-4-6-19(2)23(18)12-9-21(26)17-24-13-15-25(16-14-24)20-7-10-22(27-3)11-8-20/h4-8,10-11H,9,12-17H2,1-3H3. The Morgan fingerprint density at radius 1 is 0.963 bits per heavy atom. The molecule has 4 heteroatoms. The van der Waals surface area contributed by atoms with Gasteiger partial charge in [0.25, 0.3) is 0 Å². The highest BCUT2D eigenvalue weighted by Crippen LogP contribution is 2.20. The molecule has 2 aromatic rings. The Bertz CT molecular complexity index is 742. The topological polar surface area (TPSA) is 32.8 Å². The average Bonchev–Trinajstić information content (AvgIpc) is 2.68. The highest BCUT2D eigenvalue weighted by Gasteiger charge is 2.19. The molecule has 0 spiro atoms. The highest BCUT2D eigenvalue weighted by atomic mass is 16.5. The van der Waals surface area contributed by atoms with E-state index < -0.39 is 0 Å². The van der Waals surface area contributed by atoms with Crippen LogP contribution in [-0.4, -0.2) is 50.5 Å². The summed E-state index contributed by atoms with van der Waals surface area (Å²) in [5, 5.41) is 0. The van der Waals surface area contributed by atoms with Gasteiger partial charge in [-0.15, -0.1) is 0 Å². The van der Waals surface area contributed by atoms with E-state index in [2.05, 4.69) is 54.0 Å². The van der Waals surface area contributed by atoms with Crippen LogP contribution in [0.4, 0.5) is 5.69 Å². The predicted molar refractivity (Wildman–Crippen MR) is 111 cm³/mol. The van der Waals surface area contributed by atoms with Gasteiger partial charge in [0.15, 0.2) is 0 Å². The minimum atomic E-state index is 0.343. The number of nitrogens with zero attached hydrogens (tertiary/aromatic N) is 2.